The van der Waals surface area contributed by atoms with E-state index >= 15 is 0 Å². The molecule has 1 amide bonds. The van der Waals surface area contributed by atoms with Gasteiger partial charge in [0.25, 0.3) is 5.92 Å². The van der Waals surface area contributed by atoms with Gasteiger partial charge in [-0.05, 0) is 19.3 Å². The van der Waals surface area contributed by atoms with E-state index < -0.39 is 11.3 Å². The van der Waals surface area contributed by atoms with Crippen LogP contribution >= 0.6 is 0 Å². The number of amides is 1. The Morgan fingerprint density at radius 2 is 2.00 bits per heavy atom. The maximum atomic E-state index is 14.8. The number of nitrogens with zero attached hydrogens (tertiary/aromatic N) is 4. The van der Waals surface area contributed by atoms with Crippen LogP contribution in [0, 0.1) is 11.3 Å². The van der Waals surface area contributed by atoms with Crippen LogP contribution in [0.5, 0.6) is 0 Å². The first-order valence-corrected chi connectivity index (χ1v) is 8.68. The predicted octanol–water partition coefficient (Wildman–Crippen LogP) is 2.34. The number of piperidine rings is 1. The summed E-state index contributed by atoms with van der Waals surface area (Å²) in [5, 5.41) is 0. The van der Waals surface area contributed by atoms with E-state index in [0.29, 0.717) is 18.8 Å². The standard InChI is InChI=1S/C17H22F2N4O/c18-17(19)5-9-23(15(24)13-2-1-3-13)12-16(17)4-8-22(11-16)14-10-20-6-7-21-14/h6-7,10,13H,1-5,8-9,11-12H2/t16-/m1/s1. The fourth-order valence-corrected chi connectivity index (χ4v) is 4.15. The van der Waals surface area contributed by atoms with E-state index in [1.807, 2.05) is 4.90 Å². The van der Waals surface area contributed by atoms with Crippen LogP contribution in [0.2, 0.25) is 0 Å². The molecule has 3 heterocycles. The minimum atomic E-state index is -2.75. The van der Waals surface area contributed by atoms with Crippen LogP contribution in [0.1, 0.15) is 32.1 Å². The zero-order valence-electron chi connectivity index (χ0n) is 13.6. The van der Waals surface area contributed by atoms with Gasteiger partial charge in [0.1, 0.15) is 5.82 Å². The second-order valence-corrected chi connectivity index (χ2v) is 7.36. The number of carbonyl (C=O) groups excluding carboxylic acids is 1. The Hall–Kier alpha value is -1.79. The lowest BCUT2D eigenvalue weighted by Crippen LogP contribution is -2.59. The van der Waals surface area contributed by atoms with Gasteiger partial charge in [0.05, 0.1) is 11.6 Å². The third kappa shape index (κ3) is 2.45. The molecule has 0 bridgehead atoms. The summed E-state index contributed by atoms with van der Waals surface area (Å²) in [6.45, 7) is 1.09. The number of carbonyl (C=O) groups is 1. The highest BCUT2D eigenvalue weighted by Crippen LogP contribution is 2.50. The molecule has 0 radical (unpaired) electrons. The molecule has 1 spiro atoms. The third-order valence-corrected chi connectivity index (χ3v) is 5.96. The summed E-state index contributed by atoms with van der Waals surface area (Å²) in [6.07, 6.45) is 7.79. The molecule has 1 aromatic heterocycles. The Balaban J connectivity index is 1.54. The molecule has 5 nitrogen and oxygen atoms in total. The normalized spacial score (nSPS) is 29.8. The summed E-state index contributed by atoms with van der Waals surface area (Å²) in [5.74, 6) is -1.98. The molecule has 0 N–H and O–H groups in total. The van der Waals surface area contributed by atoms with E-state index in [-0.39, 0.29) is 37.9 Å². The van der Waals surface area contributed by atoms with E-state index in [4.69, 9.17) is 0 Å². The fourth-order valence-electron chi connectivity index (χ4n) is 4.15. The van der Waals surface area contributed by atoms with Crippen molar-refractivity contribution in [2.75, 3.05) is 31.1 Å². The number of aromatic nitrogens is 2. The lowest BCUT2D eigenvalue weighted by Gasteiger charge is -2.47. The molecule has 3 fully saturated rings. The molecule has 0 aromatic carbocycles. The number of halogens is 2. The van der Waals surface area contributed by atoms with Gasteiger partial charge in [0.15, 0.2) is 0 Å². The van der Waals surface area contributed by atoms with Crippen LogP contribution < -0.4 is 4.90 Å². The van der Waals surface area contributed by atoms with Gasteiger partial charge in [-0.15, -0.1) is 0 Å². The van der Waals surface area contributed by atoms with Gasteiger partial charge in [-0.3, -0.25) is 9.78 Å². The highest BCUT2D eigenvalue weighted by Gasteiger charge is 2.60. The first-order chi connectivity index (χ1) is 11.5. The SMILES string of the molecule is O=C(C1CCC1)N1CCC(F)(F)[C@@]2(CCN(c3cnccn3)C2)C1. The second kappa shape index (κ2) is 5.63. The molecule has 4 rings (SSSR count). The van der Waals surface area contributed by atoms with Crippen LogP contribution in [-0.4, -0.2) is 52.9 Å². The van der Waals surface area contributed by atoms with Crippen molar-refractivity contribution in [1.82, 2.24) is 14.9 Å². The summed E-state index contributed by atoms with van der Waals surface area (Å²) in [6, 6.07) is 0. The maximum Gasteiger partial charge on any atom is 0.258 e. The van der Waals surface area contributed by atoms with Gasteiger partial charge < -0.3 is 9.80 Å². The monoisotopic (exact) mass is 336 g/mol. The van der Waals surface area contributed by atoms with Crippen molar-refractivity contribution in [1.29, 1.82) is 0 Å². The Bertz CT molecular complexity index is 622. The van der Waals surface area contributed by atoms with Gasteiger partial charge in [0, 0.05) is 50.9 Å². The predicted molar refractivity (Wildman–Crippen MR) is 84.8 cm³/mol. The number of alkyl halides is 2. The van der Waals surface area contributed by atoms with Crippen molar-refractivity contribution in [3.8, 4) is 0 Å². The first-order valence-electron chi connectivity index (χ1n) is 8.68. The van der Waals surface area contributed by atoms with Crippen LogP contribution in [0.4, 0.5) is 14.6 Å². The highest BCUT2D eigenvalue weighted by molar-refractivity contribution is 5.79. The summed E-state index contributed by atoms with van der Waals surface area (Å²) in [7, 11) is 0. The third-order valence-electron chi connectivity index (χ3n) is 5.96. The van der Waals surface area contributed by atoms with Crippen molar-refractivity contribution >= 4 is 11.7 Å². The molecule has 130 valence electrons. The van der Waals surface area contributed by atoms with Gasteiger partial charge in [0.2, 0.25) is 5.91 Å². The molecule has 2 aliphatic heterocycles. The molecular weight excluding hydrogens is 314 g/mol. The van der Waals surface area contributed by atoms with E-state index in [9.17, 15) is 13.6 Å². The zero-order chi connectivity index (χ0) is 16.8. The van der Waals surface area contributed by atoms with Crippen molar-refractivity contribution < 1.29 is 13.6 Å². The number of anilines is 1. The molecular formula is C17H22F2N4O. The van der Waals surface area contributed by atoms with Crippen molar-refractivity contribution in [3.05, 3.63) is 18.6 Å². The topological polar surface area (TPSA) is 49.3 Å². The number of likely N-dealkylation sites (tertiary alicyclic amines) is 1. The Labute approximate surface area is 140 Å². The Morgan fingerprint density at radius 1 is 1.17 bits per heavy atom. The van der Waals surface area contributed by atoms with Gasteiger partial charge >= 0.3 is 0 Å². The molecule has 2 saturated heterocycles. The molecule has 1 aliphatic carbocycles. The fraction of sp³-hybridized carbons (Fsp3) is 0.706. The minimum absolute atomic E-state index is 0.0614. The van der Waals surface area contributed by atoms with Crippen LogP contribution in [0.3, 0.4) is 0 Å². The van der Waals surface area contributed by atoms with E-state index in [1.54, 1.807) is 23.5 Å². The maximum absolute atomic E-state index is 14.8. The summed E-state index contributed by atoms with van der Waals surface area (Å²) in [5.41, 5.74) is -1.16. The smallest absolute Gasteiger partial charge is 0.258 e. The van der Waals surface area contributed by atoms with Crippen LogP contribution in [-0.2, 0) is 4.79 Å². The largest absolute Gasteiger partial charge is 0.354 e. The number of hydrogen-bond donors (Lipinski definition) is 0. The van der Waals surface area contributed by atoms with Crippen molar-refractivity contribution in [3.63, 3.8) is 0 Å². The van der Waals surface area contributed by atoms with Crippen LogP contribution in [0.25, 0.3) is 0 Å². The molecule has 1 saturated carbocycles. The van der Waals surface area contributed by atoms with Crippen molar-refractivity contribution in [2.24, 2.45) is 11.3 Å². The summed E-state index contributed by atoms with van der Waals surface area (Å²) < 4.78 is 29.6. The molecule has 7 heteroatoms. The Morgan fingerprint density at radius 3 is 2.67 bits per heavy atom. The lowest BCUT2D eigenvalue weighted by atomic mass is 9.74. The van der Waals surface area contributed by atoms with Crippen LogP contribution in [0.15, 0.2) is 18.6 Å². The number of rotatable bonds is 2. The first kappa shape index (κ1) is 15.7. The van der Waals surface area contributed by atoms with Crippen molar-refractivity contribution in [2.45, 2.75) is 38.0 Å². The summed E-state index contributed by atoms with van der Waals surface area (Å²) in [4.78, 5) is 24.4. The Kier molecular flexibility index (Phi) is 3.69. The second-order valence-electron chi connectivity index (χ2n) is 7.36. The lowest BCUT2D eigenvalue weighted by molar-refractivity contribution is -0.172. The highest BCUT2D eigenvalue weighted by atomic mass is 19.3. The van der Waals surface area contributed by atoms with Gasteiger partial charge in [-0.2, -0.15) is 0 Å². The molecule has 1 atom stereocenters. The average molecular weight is 336 g/mol. The summed E-state index contributed by atoms with van der Waals surface area (Å²) >= 11 is 0. The van der Waals surface area contributed by atoms with E-state index in [2.05, 4.69) is 9.97 Å². The van der Waals surface area contributed by atoms with Gasteiger partial charge in [-0.25, -0.2) is 13.8 Å². The van der Waals surface area contributed by atoms with Gasteiger partial charge in [-0.1, -0.05) is 6.42 Å². The quantitative estimate of drug-likeness (QED) is 0.832. The minimum Gasteiger partial charge on any atom is -0.354 e. The number of hydrogen-bond acceptors (Lipinski definition) is 4. The van der Waals surface area contributed by atoms with E-state index in [1.165, 1.54) is 0 Å². The molecule has 0 unspecified atom stereocenters. The van der Waals surface area contributed by atoms with E-state index in [0.717, 1.165) is 19.3 Å². The average Bonchev–Trinajstić information content (AvgIpc) is 2.95. The molecule has 3 aliphatic rings. The molecule has 1 aromatic rings. The zero-order valence-corrected chi connectivity index (χ0v) is 13.6. The molecule has 24 heavy (non-hydrogen) atoms.